The Morgan fingerprint density at radius 1 is 1.31 bits per heavy atom. The molecule has 1 atom stereocenters. The second-order valence-electron chi connectivity index (χ2n) is 7.43. The number of hydrogen-bond donors (Lipinski definition) is 1. The maximum atomic E-state index is 12.5. The van der Waals surface area contributed by atoms with Crippen LogP contribution in [-0.2, 0) is 22.5 Å². The molecule has 7 nitrogen and oxygen atoms in total. The second-order valence-corrected chi connectivity index (χ2v) is 7.43. The van der Waals surface area contributed by atoms with E-state index in [0.29, 0.717) is 31.7 Å². The van der Waals surface area contributed by atoms with E-state index in [0.717, 1.165) is 35.4 Å². The normalized spacial score (nSPS) is 17.7. The molecule has 1 aromatic carbocycles. The monoisotopic (exact) mass is 395 g/mol. The molecule has 0 unspecified atom stereocenters. The van der Waals surface area contributed by atoms with Crippen molar-refractivity contribution < 1.29 is 19.1 Å². The molecule has 0 bridgehead atoms. The van der Waals surface area contributed by atoms with Crippen LogP contribution in [0.3, 0.4) is 0 Å². The number of ether oxygens (including phenoxy) is 2. The van der Waals surface area contributed by atoms with Crippen LogP contribution >= 0.6 is 0 Å². The van der Waals surface area contributed by atoms with E-state index in [4.69, 9.17) is 9.47 Å². The summed E-state index contributed by atoms with van der Waals surface area (Å²) in [5, 5.41) is 7.58. The van der Waals surface area contributed by atoms with Gasteiger partial charge >= 0.3 is 5.97 Å². The summed E-state index contributed by atoms with van der Waals surface area (Å²) in [4.78, 5) is 24.0. The van der Waals surface area contributed by atoms with Crippen LogP contribution in [0.15, 0.2) is 29.8 Å². The molecule has 0 radical (unpaired) electrons. The molecule has 1 aliphatic carbocycles. The highest BCUT2D eigenvalue weighted by molar-refractivity contribution is 5.91. The van der Waals surface area contributed by atoms with Crippen LogP contribution in [0.4, 0.5) is 0 Å². The molecular formula is C22H25N3O4. The van der Waals surface area contributed by atoms with Crippen LogP contribution in [0.2, 0.25) is 0 Å². The lowest BCUT2D eigenvalue weighted by Crippen LogP contribution is -2.25. The number of carbonyl (C=O) groups excluding carboxylic acids is 2. The molecule has 0 spiro atoms. The van der Waals surface area contributed by atoms with Crippen molar-refractivity contribution in [2.45, 2.75) is 45.2 Å². The van der Waals surface area contributed by atoms with Crippen LogP contribution in [-0.4, -0.2) is 41.4 Å². The molecule has 0 saturated carbocycles. The fourth-order valence-corrected chi connectivity index (χ4v) is 3.99. The minimum Gasteiger partial charge on any atom is -0.497 e. The minimum absolute atomic E-state index is 0.115. The Bertz CT molecular complexity index is 959. The van der Waals surface area contributed by atoms with E-state index < -0.39 is 0 Å². The van der Waals surface area contributed by atoms with Gasteiger partial charge in [-0.15, -0.1) is 0 Å². The van der Waals surface area contributed by atoms with Crippen molar-refractivity contribution in [2.24, 2.45) is 0 Å². The van der Waals surface area contributed by atoms with E-state index in [2.05, 4.69) is 16.5 Å². The maximum absolute atomic E-state index is 12.5. The second kappa shape index (κ2) is 8.11. The largest absolute Gasteiger partial charge is 0.497 e. The van der Waals surface area contributed by atoms with Crippen molar-refractivity contribution in [3.8, 4) is 5.75 Å². The number of esters is 1. The van der Waals surface area contributed by atoms with Gasteiger partial charge in [0.05, 0.1) is 26.0 Å². The number of hydrogen-bond acceptors (Lipinski definition) is 5. The van der Waals surface area contributed by atoms with Gasteiger partial charge in [0.1, 0.15) is 5.75 Å². The fraction of sp³-hybridized carbons (Fsp3) is 0.409. The average Bonchev–Trinajstić information content (AvgIpc) is 3.39. The van der Waals surface area contributed by atoms with E-state index in [1.807, 2.05) is 28.9 Å². The molecule has 7 heteroatoms. The fourth-order valence-electron chi connectivity index (χ4n) is 3.99. The van der Waals surface area contributed by atoms with Crippen LogP contribution in [0.5, 0.6) is 5.75 Å². The molecule has 2 aromatic rings. The number of nitrogens with one attached hydrogen (secondary N) is 1. The summed E-state index contributed by atoms with van der Waals surface area (Å²) in [6, 6.07) is 7.98. The molecule has 1 aromatic heterocycles. The van der Waals surface area contributed by atoms with E-state index in [1.54, 1.807) is 14.0 Å². The lowest BCUT2D eigenvalue weighted by Gasteiger charge is -2.11. The smallest absolute Gasteiger partial charge is 0.359 e. The first kappa shape index (κ1) is 19.2. The Morgan fingerprint density at radius 2 is 2.10 bits per heavy atom. The van der Waals surface area contributed by atoms with Crippen LogP contribution in [0.1, 0.15) is 53.5 Å². The lowest BCUT2D eigenvalue weighted by atomic mass is 10.0. The summed E-state index contributed by atoms with van der Waals surface area (Å²) in [6.45, 7) is 2.65. The third-order valence-corrected chi connectivity index (χ3v) is 5.39. The number of amides is 1. The molecule has 1 aliphatic heterocycles. The van der Waals surface area contributed by atoms with E-state index in [9.17, 15) is 9.59 Å². The molecule has 152 valence electrons. The van der Waals surface area contributed by atoms with E-state index >= 15 is 0 Å². The number of benzene rings is 1. The number of methoxy groups -OCH3 is 1. The van der Waals surface area contributed by atoms with Crippen molar-refractivity contribution in [3.05, 3.63) is 52.4 Å². The van der Waals surface area contributed by atoms with Crippen LogP contribution < -0.4 is 10.1 Å². The summed E-state index contributed by atoms with van der Waals surface area (Å²) >= 11 is 0. The first-order chi connectivity index (χ1) is 14.1. The zero-order valence-corrected chi connectivity index (χ0v) is 16.7. The topological polar surface area (TPSA) is 82.4 Å². The number of carbonyl (C=O) groups is 2. The van der Waals surface area contributed by atoms with Gasteiger partial charge in [-0.2, -0.15) is 5.10 Å². The molecule has 2 aliphatic rings. The predicted molar refractivity (Wildman–Crippen MR) is 108 cm³/mol. The Balaban J connectivity index is 1.60. The van der Waals surface area contributed by atoms with Crippen molar-refractivity contribution in [2.75, 3.05) is 13.7 Å². The molecule has 1 N–H and O–H groups in total. The summed E-state index contributed by atoms with van der Waals surface area (Å²) in [5.41, 5.74) is 4.52. The Morgan fingerprint density at radius 3 is 2.76 bits per heavy atom. The number of nitrogens with zero attached hydrogens (tertiary/aromatic N) is 2. The Kier molecular flexibility index (Phi) is 5.38. The van der Waals surface area contributed by atoms with Gasteiger partial charge < -0.3 is 14.8 Å². The van der Waals surface area contributed by atoms with E-state index in [1.165, 1.54) is 5.57 Å². The number of rotatable bonds is 7. The van der Waals surface area contributed by atoms with Crippen molar-refractivity contribution in [1.29, 1.82) is 0 Å². The number of fused-ring (bicyclic) bond motifs is 1. The third kappa shape index (κ3) is 4.04. The molecule has 29 heavy (non-hydrogen) atoms. The van der Waals surface area contributed by atoms with Gasteiger partial charge in [0, 0.05) is 18.0 Å². The number of aromatic nitrogens is 2. The van der Waals surface area contributed by atoms with Gasteiger partial charge in [0.15, 0.2) is 5.69 Å². The molecule has 2 heterocycles. The molecule has 4 rings (SSSR count). The standard InChI is InChI=1S/C22H25N3O4/c1-3-29-22(27)21-18-11-15(10-16-6-9-20(26)23-16)12-19(18)25(24-21)13-14-4-7-17(28-2)8-5-14/h4-5,7-8,12,16H,3,6,9-11,13H2,1-2H3,(H,23,26)/t16-/m0/s1. The van der Waals surface area contributed by atoms with Crippen molar-refractivity contribution in [3.63, 3.8) is 0 Å². The summed E-state index contributed by atoms with van der Waals surface area (Å²) in [5.74, 6) is 0.525. The van der Waals surface area contributed by atoms with Gasteiger partial charge in [0.25, 0.3) is 0 Å². The maximum Gasteiger partial charge on any atom is 0.359 e. The highest BCUT2D eigenvalue weighted by atomic mass is 16.5. The first-order valence-corrected chi connectivity index (χ1v) is 9.96. The zero-order valence-electron chi connectivity index (χ0n) is 16.7. The Labute approximate surface area is 169 Å². The van der Waals surface area contributed by atoms with Gasteiger partial charge in [-0.3, -0.25) is 9.48 Å². The van der Waals surface area contributed by atoms with Gasteiger partial charge in [-0.25, -0.2) is 4.79 Å². The van der Waals surface area contributed by atoms with Gasteiger partial charge in [0.2, 0.25) is 5.91 Å². The van der Waals surface area contributed by atoms with Gasteiger partial charge in [-0.05, 0) is 50.0 Å². The zero-order chi connectivity index (χ0) is 20.4. The average molecular weight is 395 g/mol. The van der Waals surface area contributed by atoms with Crippen molar-refractivity contribution in [1.82, 2.24) is 15.1 Å². The molecule has 1 fully saturated rings. The summed E-state index contributed by atoms with van der Waals surface area (Å²) in [7, 11) is 1.64. The van der Waals surface area contributed by atoms with E-state index in [-0.39, 0.29) is 17.9 Å². The summed E-state index contributed by atoms with van der Waals surface area (Å²) < 4.78 is 12.3. The van der Waals surface area contributed by atoms with Crippen LogP contribution in [0.25, 0.3) is 6.08 Å². The highest BCUT2D eigenvalue weighted by Crippen LogP contribution is 2.32. The summed E-state index contributed by atoms with van der Waals surface area (Å²) in [6.07, 6.45) is 5.02. The lowest BCUT2D eigenvalue weighted by molar-refractivity contribution is -0.119. The van der Waals surface area contributed by atoms with Crippen LogP contribution in [0, 0.1) is 0 Å². The Hall–Kier alpha value is -3.09. The molecule has 1 saturated heterocycles. The van der Waals surface area contributed by atoms with Crippen molar-refractivity contribution >= 4 is 18.0 Å². The quantitative estimate of drug-likeness (QED) is 0.729. The first-order valence-electron chi connectivity index (χ1n) is 9.96. The minimum atomic E-state index is -0.388. The SMILES string of the molecule is CCOC(=O)c1nn(Cc2ccc(OC)cc2)c2c1CC(C[C@@H]1CCC(=O)N1)=C2. The van der Waals surface area contributed by atoms with Gasteiger partial charge in [-0.1, -0.05) is 17.7 Å². The third-order valence-electron chi connectivity index (χ3n) is 5.39. The highest BCUT2D eigenvalue weighted by Gasteiger charge is 2.30. The molecular weight excluding hydrogens is 370 g/mol. The predicted octanol–water partition coefficient (Wildman–Crippen LogP) is 2.72. The molecule has 1 amide bonds.